The lowest BCUT2D eigenvalue weighted by Gasteiger charge is -2.12. The van der Waals surface area contributed by atoms with Gasteiger partial charge in [0.2, 0.25) is 0 Å². The van der Waals surface area contributed by atoms with Gasteiger partial charge in [-0.2, -0.15) is 0 Å². The Morgan fingerprint density at radius 1 is 1.06 bits per heavy atom. The van der Waals surface area contributed by atoms with Gasteiger partial charge in [-0.1, -0.05) is 6.07 Å². The van der Waals surface area contributed by atoms with Crippen molar-refractivity contribution in [3.05, 3.63) is 58.5 Å². The Bertz CT molecular complexity index is 1130. The van der Waals surface area contributed by atoms with Gasteiger partial charge in [0.15, 0.2) is 16.7 Å². The second-order valence-electron chi connectivity index (χ2n) is 6.88. The number of hydrogen-bond donors (Lipinski definition) is 2. The van der Waals surface area contributed by atoms with E-state index in [2.05, 4.69) is 10.3 Å². The molecule has 0 radical (unpaired) electrons. The normalized spacial score (nSPS) is 15.3. The zero-order valence-corrected chi connectivity index (χ0v) is 19.5. The number of amides is 1. The number of aliphatic imine (C=N–C) groups is 1. The fourth-order valence-electron chi connectivity index (χ4n) is 2.89. The molecule has 0 unspecified atom stereocenters. The van der Waals surface area contributed by atoms with Crippen molar-refractivity contribution in [2.24, 2.45) is 4.99 Å². The number of carbonyl (C=O) groups excluding carboxylic acids is 2. The summed E-state index contributed by atoms with van der Waals surface area (Å²) in [5, 5.41) is 11.9. The summed E-state index contributed by atoms with van der Waals surface area (Å²) in [6, 6.07) is 11.7. The van der Waals surface area contributed by atoms with E-state index in [0.717, 1.165) is 0 Å². The minimum absolute atomic E-state index is 0.0225. The fourth-order valence-corrected chi connectivity index (χ4v) is 3.73. The average Bonchev–Trinajstić information content (AvgIpc) is 3.14. The number of nitrogens with one attached hydrogen (secondary N) is 1. The summed E-state index contributed by atoms with van der Waals surface area (Å²) in [6.07, 6.45) is 1.58. The van der Waals surface area contributed by atoms with Crippen LogP contribution in [0.2, 0.25) is 0 Å². The topological polar surface area (TPSA) is 124 Å². The molecular formula is C24H24N2O7S. The SMILES string of the molecule is CCOC(=O)c1ccc(N=C2NC(=O)/C(=C\c3ccc(OCCC(=O)O)c(OCC)c3)S2)cc1. The van der Waals surface area contributed by atoms with Crippen LogP contribution in [0.15, 0.2) is 52.4 Å². The molecule has 2 aromatic carbocycles. The Balaban J connectivity index is 1.72. The number of thioether (sulfide) groups is 1. The molecule has 1 fully saturated rings. The van der Waals surface area contributed by atoms with Gasteiger partial charge in [-0.3, -0.25) is 9.59 Å². The van der Waals surface area contributed by atoms with Crippen LogP contribution in [-0.2, 0) is 14.3 Å². The lowest BCUT2D eigenvalue weighted by atomic mass is 10.2. The molecule has 1 aliphatic rings. The number of carboxylic acids is 1. The van der Waals surface area contributed by atoms with Crippen LogP contribution >= 0.6 is 11.8 Å². The summed E-state index contributed by atoms with van der Waals surface area (Å²) in [5.74, 6) is -0.744. The van der Waals surface area contributed by atoms with Gasteiger partial charge in [0.1, 0.15) is 0 Å². The van der Waals surface area contributed by atoms with E-state index in [4.69, 9.17) is 19.3 Å². The summed E-state index contributed by atoms with van der Waals surface area (Å²) >= 11 is 1.19. The van der Waals surface area contributed by atoms with Gasteiger partial charge in [0.25, 0.3) is 5.91 Å². The van der Waals surface area contributed by atoms with E-state index in [1.807, 2.05) is 6.92 Å². The van der Waals surface area contributed by atoms with E-state index >= 15 is 0 Å². The van der Waals surface area contributed by atoms with Gasteiger partial charge in [-0.15, -0.1) is 0 Å². The van der Waals surface area contributed by atoms with Crippen LogP contribution in [0, 0.1) is 0 Å². The van der Waals surface area contributed by atoms with Crippen LogP contribution in [-0.4, -0.2) is 47.9 Å². The Kier molecular flexibility index (Phi) is 8.69. The zero-order valence-electron chi connectivity index (χ0n) is 18.7. The maximum absolute atomic E-state index is 12.4. The third-order valence-corrected chi connectivity index (χ3v) is 5.31. The average molecular weight is 485 g/mol. The van der Waals surface area contributed by atoms with Crippen molar-refractivity contribution < 1.29 is 33.7 Å². The Hall–Kier alpha value is -3.79. The number of carbonyl (C=O) groups is 3. The molecule has 9 nitrogen and oxygen atoms in total. The highest BCUT2D eigenvalue weighted by molar-refractivity contribution is 8.18. The number of rotatable bonds is 10. The quantitative estimate of drug-likeness (QED) is 0.383. The molecule has 0 atom stereocenters. The number of hydrogen-bond acceptors (Lipinski definition) is 8. The Labute approximate surface area is 200 Å². The zero-order chi connectivity index (χ0) is 24.5. The Morgan fingerprint density at radius 3 is 2.50 bits per heavy atom. The predicted molar refractivity (Wildman–Crippen MR) is 129 cm³/mol. The first-order valence-corrected chi connectivity index (χ1v) is 11.4. The second kappa shape index (κ2) is 11.9. The standard InChI is InChI=1S/C24H24N2O7S/c1-3-31-19-13-15(5-10-18(19)33-12-11-21(27)28)14-20-22(29)26-24(34-20)25-17-8-6-16(7-9-17)23(30)32-4-2/h5-10,13-14H,3-4,11-12H2,1-2H3,(H,27,28)(H,25,26,29)/b20-14+. The number of carboxylic acid groups (broad SMARTS) is 1. The van der Waals surface area contributed by atoms with Gasteiger partial charge >= 0.3 is 11.9 Å². The summed E-state index contributed by atoms with van der Waals surface area (Å²) in [4.78, 5) is 39.7. The monoisotopic (exact) mass is 484 g/mol. The van der Waals surface area contributed by atoms with E-state index < -0.39 is 11.9 Å². The van der Waals surface area contributed by atoms with E-state index in [9.17, 15) is 14.4 Å². The predicted octanol–water partition coefficient (Wildman–Crippen LogP) is 4.01. The molecule has 0 aromatic heterocycles. The number of aliphatic carboxylic acids is 1. The van der Waals surface area contributed by atoms with Crippen LogP contribution in [0.3, 0.4) is 0 Å². The van der Waals surface area contributed by atoms with Gasteiger partial charge < -0.3 is 24.6 Å². The molecule has 178 valence electrons. The van der Waals surface area contributed by atoms with Crippen molar-refractivity contribution in [2.75, 3.05) is 19.8 Å². The highest BCUT2D eigenvalue weighted by Crippen LogP contribution is 2.32. The van der Waals surface area contributed by atoms with Crippen LogP contribution in [0.25, 0.3) is 6.08 Å². The largest absolute Gasteiger partial charge is 0.490 e. The van der Waals surface area contributed by atoms with E-state index in [0.29, 0.717) is 51.6 Å². The lowest BCUT2D eigenvalue weighted by Crippen LogP contribution is -2.19. The summed E-state index contributed by atoms with van der Waals surface area (Å²) in [6.45, 7) is 4.29. The molecule has 1 saturated heterocycles. The summed E-state index contributed by atoms with van der Waals surface area (Å²) in [5.41, 5.74) is 1.72. The molecule has 0 spiro atoms. The number of ether oxygens (including phenoxy) is 3. The summed E-state index contributed by atoms with van der Waals surface area (Å²) < 4.78 is 16.1. The van der Waals surface area contributed by atoms with Gasteiger partial charge in [0, 0.05) is 0 Å². The van der Waals surface area contributed by atoms with E-state index in [1.54, 1.807) is 55.5 Å². The highest BCUT2D eigenvalue weighted by atomic mass is 32.2. The van der Waals surface area contributed by atoms with Gasteiger partial charge in [-0.05, 0) is 73.6 Å². The third-order valence-electron chi connectivity index (χ3n) is 4.40. The minimum atomic E-state index is -0.948. The van der Waals surface area contributed by atoms with E-state index in [1.165, 1.54) is 11.8 Å². The highest BCUT2D eigenvalue weighted by Gasteiger charge is 2.24. The smallest absolute Gasteiger partial charge is 0.338 e. The second-order valence-corrected chi connectivity index (χ2v) is 7.91. The molecule has 0 bridgehead atoms. The van der Waals surface area contributed by atoms with Crippen molar-refractivity contribution >= 4 is 46.5 Å². The molecule has 10 heteroatoms. The first-order valence-electron chi connectivity index (χ1n) is 10.6. The molecule has 0 aliphatic carbocycles. The number of benzene rings is 2. The number of amidine groups is 1. The summed E-state index contributed by atoms with van der Waals surface area (Å²) in [7, 11) is 0. The van der Waals surface area contributed by atoms with Crippen molar-refractivity contribution in [2.45, 2.75) is 20.3 Å². The molecule has 2 N–H and O–H groups in total. The molecule has 34 heavy (non-hydrogen) atoms. The van der Waals surface area contributed by atoms with Crippen molar-refractivity contribution in [3.63, 3.8) is 0 Å². The van der Waals surface area contributed by atoms with Crippen LogP contribution in [0.1, 0.15) is 36.2 Å². The number of esters is 1. The first kappa shape index (κ1) is 24.8. The van der Waals surface area contributed by atoms with Gasteiger partial charge in [-0.25, -0.2) is 9.79 Å². The van der Waals surface area contributed by atoms with Crippen molar-refractivity contribution in [1.82, 2.24) is 5.32 Å². The van der Waals surface area contributed by atoms with E-state index in [-0.39, 0.29) is 18.9 Å². The van der Waals surface area contributed by atoms with Gasteiger partial charge in [0.05, 0.1) is 42.4 Å². The van der Waals surface area contributed by atoms with Crippen LogP contribution in [0.5, 0.6) is 11.5 Å². The fraction of sp³-hybridized carbons (Fsp3) is 0.250. The molecule has 1 amide bonds. The maximum atomic E-state index is 12.4. The Morgan fingerprint density at radius 2 is 1.82 bits per heavy atom. The molecule has 0 saturated carbocycles. The molecule has 1 aliphatic heterocycles. The minimum Gasteiger partial charge on any atom is -0.490 e. The van der Waals surface area contributed by atoms with Crippen molar-refractivity contribution in [3.8, 4) is 11.5 Å². The first-order chi connectivity index (χ1) is 16.4. The van der Waals surface area contributed by atoms with Crippen molar-refractivity contribution in [1.29, 1.82) is 0 Å². The van der Waals surface area contributed by atoms with Crippen LogP contribution in [0.4, 0.5) is 5.69 Å². The molecule has 3 rings (SSSR count). The molecular weight excluding hydrogens is 460 g/mol. The molecule has 2 aromatic rings. The third kappa shape index (κ3) is 6.85. The number of nitrogens with zero attached hydrogens (tertiary/aromatic N) is 1. The molecule has 1 heterocycles. The maximum Gasteiger partial charge on any atom is 0.338 e. The lowest BCUT2D eigenvalue weighted by molar-refractivity contribution is -0.137. The van der Waals surface area contributed by atoms with Crippen LogP contribution < -0.4 is 14.8 Å².